The van der Waals surface area contributed by atoms with Crippen molar-refractivity contribution >= 4 is 32.4 Å². The number of pyridine rings is 1. The Balaban J connectivity index is 0.00000158. The molecule has 1 aliphatic heterocycles. The fraction of sp³-hybridized carbons (Fsp3) is 0.360. The van der Waals surface area contributed by atoms with Gasteiger partial charge in [0.15, 0.2) is 0 Å². The number of aromatic carboxylic acids is 1. The van der Waals surface area contributed by atoms with Crippen molar-refractivity contribution < 1.29 is 23.1 Å². The molecule has 0 radical (unpaired) electrons. The van der Waals surface area contributed by atoms with E-state index in [1.165, 1.54) is 37.6 Å². The van der Waals surface area contributed by atoms with Gasteiger partial charge in [-0.1, -0.05) is 13.8 Å². The van der Waals surface area contributed by atoms with Crippen LogP contribution in [-0.2, 0) is 9.84 Å². The molecule has 1 aliphatic rings. The maximum Gasteiger partial charge on any atom is 0.335 e. The van der Waals surface area contributed by atoms with Gasteiger partial charge < -0.3 is 19.6 Å². The second-order valence-electron chi connectivity index (χ2n) is 7.83. The number of carboxylic acid groups (broad SMARTS) is 1. The van der Waals surface area contributed by atoms with Gasteiger partial charge in [-0.05, 0) is 62.5 Å². The van der Waals surface area contributed by atoms with Crippen LogP contribution in [0.4, 0.5) is 5.69 Å². The number of sulfone groups is 1. The van der Waals surface area contributed by atoms with Crippen LogP contribution in [0.2, 0.25) is 0 Å². The van der Waals surface area contributed by atoms with Gasteiger partial charge in [-0.15, -0.1) is 0 Å². The van der Waals surface area contributed by atoms with Crippen LogP contribution in [0.15, 0.2) is 58.5 Å². The smallest absolute Gasteiger partial charge is 0.335 e. The molecule has 182 valence electrons. The number of hydrogen-bond donors (Lipinski definition) is 1. The maximum atomic E-state index is 13.7. The number of methoxy groups -OCH3 is 1. The monoisotopic (exact) mass is 485 g/mol. The van der Waals surface area contributed by atoms with Gasteiger partial charge in [0, 0.05) is 31.2 Å². The van der Waals surface area contributed by atoms with Crippen LogP contribution in [-0.4, -0.2) is 69.7 Å². The summed E-state index contributed by atoms with van der Waals surface area (Å²) in [5.74, 6) is -0.515. The molecule has 0 amide bonds. The van der Waals surface area contributed by atoms with E-state index in [4.69, 9.17) is 4.74 Å². The van der Waals surface area contributed by atoms with Gasteiger partial charge >= 0.3 is 5.97 Å². The second kappa shape index (κ2) is 10.8. The number of anilines is 1. The van der Waals surface area contributed by atoms with Gasteiger partial charge in [-0.2, -0.15) is 0 Å². The molecule has 0 unspecified atom stereocenters. The standard InChI is InChI=1S/C23H25N3O5S.C2H6/c1-25-10-3-11-26(13-12-25)22-19-14-16(23(27)28)4-9-20(19)24-15-21(22)32(29,30)18-7-5-17(31-2)6-8-18;1-2/h4-9,14-15H,3,10-13H2,1-2H3,(H,27,28);1-2H3. The van der Waals surface area contributed by atoms with E-state index in [0.29, 0.717) is 35.4 Å². The van der Waals surface area contributed by atoms with Gasteiger partial charge in [-0.3, -0.25) is 4.98 Å². The van der Waals surface area contributed by atoms with Gasteiger partial charge in [0.2, 0.25) is 9.84 Å². The van der Waals surface area contributed by atoms with Crippen molar-refractivity contribution in [2.75, 3.05) is 45.2 Å². The SMILES string of the molecule is CC.COc1ccc(S(=O)(=O)c2cnc3ccc(C(=O)O)cc3c2N2CCCN(C)CC2)cc1. The fourth-order valence-electron chi connectivity index (χ4n) is 3.97. The number of nitrogens with zero attached hydrogens (tertiary/aromatic N) is 3. The molecule has 4 rings (SSSR count). The molecule has 2 heterocycles. The highest BCUT2D eigenvalue weighted by Crippen LogP contribution is 2.37. The van der Waals surface area contributed by atoms with Crippen LogP contribution in [0.5, 0.6) is 5.75 Å². The third-order valence-corrected chi connectivity index (χ3v) is 7.52. The summed E-state index contributed by atoms with van der Waals surface area (Å²) < 4.78 is 32.5. The summed E-state index contributed by atoms with van der Waals surface area (Å²) in [4.78, 5) is 20.4. The zero-order valence-electron chi connectivity index (χ0n) is 20.0. The van der Waals surface area contributed by atoms with Crippen LogP contribution < -0.4 is 9.64 Å². The topological polar surface area (TPSA) is 100 Å². The lowest BCUT2D eigenvalue weighted by atomic mass is 10.1. The Morgan fingerprint density at radius 2 is 1.74 bits per heavy atom. The van der Waals surface area contributed by atoms with Gasteiger partial charge in [0.1, 0.15) is 10.6 Å². The zero-order chi connectivity index (χ0) is 24.9. The molecule has 0 bridgehead atoms. The van der Waals surface area contributed by atoms with Crippen molar-refractivity contribution in [3.8, 4) is 5.75 Å². The number of aromatic nitrogens is 1. The Morgan fingerprint density at radius 1 is 1.03 bits per heavy atom. The van der Waals surface area contributed by atoms with E-state index >= 15 is 0 Å². The van der Waals surface area contributed by atoms with Gasteiger partial charge in [-0.25, -0.2) is 13.2 Å². The number of fused-ring (bicyclic) bond motifs is 1. The highest BCUT2D eigenvalue weighted by Gasteiger charge is 2.28. The van der Waals surface area contributed by atoms with Crippen LogP contribution >= 0.6 is 0 Å². The first-order chi connectivity index (χ1) is 16.3. The summed E-state index contributed by atoms with van der Waals surface area (Å²) in [6, 6.07) is 10.8. The molecule has 0 aliphatic carbocycles. The number of carbonyl (C=O) groups is 1. The van der Waals surface area contributed by atoms with Crippen molar-refractivity contribution in [2.45, 2.75) is 30.1 Å². The van der Waals surface area contributed by atoms with Crippen LogP contribution in [0.3, 0.4) is 0 Å². The molecule has 9 heteroatoms. The van der Waals surface area contributed by atoms with Crippen LogP contribution in [0.25, 0.3) is 10.9 Å². The van der Waals surface area contributed by atoms with E-state index in [1.807, 2.05) is 25.8 Å². The van der Waals surface area contributed by atoms with E-state index in [2.05, 4.69) is 9.88 Å². The van der Waals surface area contributed by atoms with Gasteiger partial charge in [0.25, 0.3) is 0 Å². The number of likely N-dealkylation sites (N-methyl/N-ethyl adjacent to an activating group) is 1. The molecule has 1 aromatic heterocycles. The van der Waals surface area contributed by atoms with Crippen LogP contribution in [0.1, 0.15) is 30.6 Å². The predicted molar refractivity (Wildman–Crippen MR) is 133 cm³/mol. The molecule has 3 aromatic rings. The molecule has 0 saturated carbocycles. The average molecular weight is 486 g/mol. The summed E-state index contributed by atoms with van der Waals surface area (Å²) in [5, 5.41) is 10.0. The molecular weight excluding hydrogens is 454 g/mol. The van der Waals surface area contributed by atoms with Crippen molar-refractivity contribution in [2.24, 2.45) is 0 Å². The lowest BCUT2D eigenvalue weighted by molar-refractivity contribution is 0.0697. The Bertz CT molecular complexity index is 1260. The first-order valence-electron chi connectivity index (χ1n) is 11.3. The highest BCUT2D eigenvalue weighted by molar-refractivity contribution is 7.91. The average Bonchev–Trinajstić information content (AvgIpc) is 3.08. The van der Waals surface area contributed by atoms with Gasteiger partial charge in [0.05, 0.1) is 28.8 Å². The van der Waals surface area contributed by atoms with E-state index in [1.54, 1.807) is 18.2 Å². The molecular formula is C25H31N3O5S. The molecule has 1 saturated heterocycles. The zero-order valence-corrected chi connectivity index (χ0v) is 20.8. The quantitative estimate of drug-likeness (QED) is 0.580. The summed E-state index contributed by atoms with van der Waals surface area (Å²) in [6.07, 6.45) is 2.24. The third-order valence-electron chi connectivity index (χ3n) is 5.75. The third kappa shape index (κ3) is 5.15. The summed E-state index contributed by atoms with van der Waals surface area (Å²) in [6.45, 7) is 6.95. The highest BCUT2D eigenvalue weighted by atomic mass is 32.2. The Kier molecular flexibility index (Phi) is 8.11. The molecule has 2 aromatic carbocycles. The number of rotatable bonds is 5. The number of benzene rings is 2. The van der Waals surface area contributed by atoms with E-state index in [0.717, 1.165) is 19.5 Å². The Labute approximate surface area is 200 Å². The first-order valence-corrected chi connectivity index (χ1v) is 12.8. The molecule has 1 N–H and O–H groups in total. The number of ether oxygens (including phenoxy) is 1. The lowest BCUT2D eigenvalue weighted by Crippen LogP contribution is -2.30. The summed E-state index contributed by atoms with van der Waals surface area (Å²) in [7, 11) is -0.362. The number of carboxylic acids is 1. The summed E-state index contributed by atoms with van der Waals surface area (Å²) in [5.41, 5.74) is 1.15. The molecule has 1 fully saturated rings. The maximum absolute atomic E-state index is 13.7. The minimum Gasteiger partial charge on any atom is -0.497 e. The Morgan fingerprint density at radius 3 is 2.38 bits per heavy atom. The van der Waals surface area contributed by atoms with Crippen LogP contribution in [0, 0.1) is 0 Å². The lowest BCUT2D eigenvalue weighted by Gasteiger charge is -2.27. The largest absolute Gasteiger partial charge is 0.497 e. The first kappa shape index (κ1) is 25.5. The second-order valence-corrected chi connectivity index (χ2v) is 9.75. The number of hydrogen-bond acceptors (Lipinski definition) is 7. The predicted octanol–water partition coefficient (Wildman–Crippen LogP) is 3.94. The van der Waals surface area contributed by atoms with Crippen molar-refractivity contribution in [3.05, 3.63) is 54.2 Å². The summed E-state index contributed by atoms with van der Waals surface area (Å²) >= 11 is 0. The van der Waals surface area contributed by atoms with Crippen molar-refractivity contribution in [1.82, 2.24) is 9.88 Å². The molecule has 34 heavy (non-hydrogen) atoms. The normalized spacial score (nSPS) is 14.8. The Hall–Kier alpha value is -3.17. The van der Waals surface area contributed by atoms with E-state index in [-0.39, 0.29) is 15.4 Å². The minimum atomic E-state index is -3.91. The minimum absolute atomic E-state index is 0.0715. The molecule has 0 atom stereocenters. The fourth-order valence-corrected chi connectivity index (χ4v) is 5.40. The molecule has 8 nitrogen and oxygen atoms in total. The van der Waals surface area contributed by atoms with E-state index in [9.17, 15) is 18.3 Å². The van der Waals surface area contributed by atoms with Crippen molar-refractivity contribution in [1.29, 1.82) is 0 Å². The molecule has 0 spiro atoms. The van der Waals surface area contributed by atoms with Crippen molar-refractivity contribution in [3.63, 3.8) is 0 Å². The van der Waals surface area contributed by atoms with E-state index < -0.39 is 15.8 Å².